The lowest BCUT2D eigenvalue weighted by Gasteiger charge is -2.13. The number of imidazole rings is 1. The van der Waals surface area contributed by atoms with E-state index >= 15 is 0 Å². The van der Waals surface area contributed by atoms with Crippen molar-refractivity contribution in [3.8, 4) is 5.69 Å². The molecule has 0 spiro atoms. The van der Waals surface area contributed by atoms with Gasteiger partial charge in [0.2, 0.25) is 0 Å². The third-order valence-electron chi connectivity index (χ3n) is 2.55. The zero-order valence-corrected chi connectivity index (χ0v) is 10.9. The van der Waals surface area contributed by atoms with Crippen LogP contribution in [0, 0.1) is 6.92 Å². The summed E-state index contributed by atoms with van der Waals surface area (Å²) in [6, 6.07) is 6.14. The van der Waals surface area contributed by atoms with E-state index in [2.05, 4.69) is 40.0 Å². The minimum atomic E-state index is -0.0226. The quantitative estimate of drug-likeness (QED) is 0.919. The summed E-state index contributed by atoms with van der Waals surface area (Å²) in [6.07, 6.45) is 3.61. The van der Waals surface area contributed by atoms with Gasteiger partial charge in [-0.1, -0.05) is 15.9 Å². The molecule has 2 rings (SSSR count). The van der Waals surface area contributed by atoms with Crippen LogP contribution in [0.1, 0.15) is 24.2 Å². The summed E-state index contributed by atoms with van der Waals surface area (Å²) in [6.45, 7) is 4.03. The summed E-state index contributed by atoms with van der Waals surface area (Å²) in [5, 5.41) is 0. The third kappa shape index (κ3) is 2.03. The van der Waals surface area contributed by atoms with Crippen LogP contribution in [-0.2, 0) is 0 Å². The Morgan fingerprint density at radius 2 is 2.19 bits per heavy atom. The van der Waals surface area contributed by atoms with Crippen molar-refractivity contribution in [2.75, 3.05) is 0 Å². The number of hydrogen-bond donors (Lipinski definition) is 1. The number of benzene rings is 1. The van der Waals surface area contributed by atoms with E-state index in [0.717, 1.165) is 15.9 Å². The van der Waals surface area contributed by atoms with E-state index in [0.29, 0.717) is 0 Å². The van der Waals surface area contributed by atoms with Gasteiger partial charge < -0.3 is 10.3 Å². The smallest absolute Gasteiger partial charge is 0.0994 e. The van der Waals surface area contributed by atoms with Gasteiger partial charge in [-0.05, 0) is 37.6 Å². The molecular weight excluding hydrogens is 266 g/mol. The van der Waals surface area contributed by atoms with Crippen molar-refractivity contribution in [3.63, 3.8) is 0 Å². The van der Waals surface area contributed by atoms with Crippen molar-refractivity contribution in [3.05, 3.63) is 46.5 Å². The molecule has 1 aromatic carbocycles. The summed E-state index contributed by atoms with van der Waals surface area (Å²) in [7, 11) is 0. The van der Waals surface area contributed by atoms with Gasteiger partial charge in [0.15, 0.2) is 0 Å². The highest BCUT2D eigenvalue weighted by Gasteiger charge is 2.09. The molecule has 0 saturated carbocycles. The zero-order chi connectivity index (χ0) is 11.7. The number of rotatable bonds is 2. The van der Waals surface area contributed by atoms with Crippen LogP contribution >= 0.6 is 15.9 Å². The predicted octanol–water partition coefficient (Wildman–Crippen LogP) is 2.96. The van der Waals surface area contributed by atoms with Gasteiger partial charge in [0.05, 0.1) is 18.2 Å². The molecule has 16 heavy (non-hydrogen) atoms. The fourth-order valence-corrected chi connectivity index (χ4v) is 2.21. The SMILES string of the molecule is Cc1cc(Br)ccc1-n1cncc1C(C)N. The first kappa shape index (κ1) is 11.4. The molecule has 3 nitrogen and oxygen atoms in total. The van der Waals surface area contributed by atoms with Gasteiger partial charge in [-0.15, -0.1) is 0 Å². The highest BCUT2D eigenvalue weighted by Crippen LogP contribution is 2.22. The van der Waals surface area contributed by atoms with E-state index in [1.165, 1.54) is 5.56 Å². The van der Waals surface area contributed by atoms with Crippen LogP contribution in [0.15, 0.2) is 35.2 Å². The van der Waals surface area contributed by atoms with Crippen molar-refractivity contribution in [1.82, 2.24) is 9.55 Å². The Morgan fingerprint density at radius 1 is 1.44 bits per heavy atom. The second kappa shape index (κ2) is 4.39. The summed E-state index contributed by atoms with van der Waals surface area (Å²) >= 11 is 3.46. The van der Waals surface area contributed by atoms with Crippen LogP contribution in [0.25, 0.3) is 5.69 Å². The molecule has 0 radical (unpaired) electrons. The van der Waals surface area contributed by atoms with Crippen LogP contribution in [0.3, 0.4) is 0 Å². The molecule has 1 atom stereocenters. The number of aromatic nitrogens is 2. The van der Waals surface area contributed by atoms with E-state index in [1.54, 1.807) is 6.33 Å². The number of nitrogens with zero attached hydrogens (tertiary/aromatic N) is 2. The molecule has 1 aromatic heterocycles. The van der Waals surface area contributed by atoms with Gasteiger partial charge in [0.1, 0.15) is 0 Å². The summed E-state index contributed by atoms with van der Waals surface area (Å²) in [4.78, 5) is 4.15. The normalized spacial score (nSPS) is 12.8. The Kier molecular flexibility index (Phi) is 3.12. The van der Waals surface area contributed by atoms with E-state index < -0.39 is 0 Å². The monoisotopic (exact) mass is 279 g/mol. The first-order valence-electron chi connectivity index (χ1n) is 5.14. The fraction of sp³-hybridized carbons (Fsp3) is 0.250. The molecule has 0 aliphatic rings. The number of aryl methyl sites for hydroxylation is 1. The van der Waals surface area contributed by atoms with Gasteiger partial charge in [0.25, 0.3) is 0 Å². The lowest BCUT2D eigenvalue weighted by molar-refractivity contribution is 0.751. The molecule has 0 amide bonds. The van der Waals surface area contributed by atoms with Crippen LogP contribution in [0.4, 0.5) is 0 Å². The van der Waals surface area contributed by atoms with Crippen LogP contribution in [0.2, 0.25) is 0 Å². The van der Waals surface area contributed by atoms with Gasteiger partial charge in [-0.2, -0.15) is 0 Å². The summed E-state index contributed by atoms with van der Waals surface area (Å²) < 4.78 is 3.11. The molecule has 2 N–H and O–H groups in total. The highest BCUT2D eigenvalue weighted by atomic mass is 79.9. The molecule has 84 valence electrons. The molecule has 0 fully saturated rings. The molecule has 1 unspecified atom stereocenters. The largest absolute Gasteiger partial charge is 0.323 e. The number of halogens is 1. The third-order valence-corrected chi connectivity index (χ3v) is 3.05. The Hall–Kier alpha value is -1.13. The van der Waals surface area contributed by atoms with Crippen LogP contribution in [0.5, 0.6) is 0 Å². The molecular formula is C12H14BrN3. The minimum absolute atomic E-state index is 0.0226. The molecule has 0 aliphatic carbocycles. The maximum Gasteiger partial charge on any atom is 0.0994 e. The molecule has 1 heterocycles. The topological polar surface area (TPSA) is 43.8 Å². The summed E-state index contributed by atoms with van der Waals surface area (Å²) in [5.74, 6) is 0. The average molecular weight is 280 g/mol. The minimum Gasteiger partial charge on any atom is -0.323 e. The van der Waals surface area contributed by atoms with Crippen molar-refractivity contribution < 1.29 is 0 Å². The lowest BCUT2D eigenvalue weighted by Crippen LogP contribution is -2.11. The van der Waals surface area contributed by atoms with Crippen molar-refractivity contribution in [2.24, 2.45) is 5.73 Å². The van der Waals surface area contributed by atoms with Gasteiger partial charge in [-0.3, -0.25) is 0 Å². The Labute approximate surface area is 103 Å². The van der Waals surface area contributed by atoms with E-state index in [4.69, 9.17) is 5.73 Å². The first-order chi connectivity index (χ1) is 7.59. The van der Waals surface area contributed by atoms with E-state index in [9.17, 15) is 0 Å². The molecule has 2 aromatic rings. The van der Waals surface area contributed by atoms with Crippen LogP contribution < -0.4 is 5.73 Å². The van der Waals surface area contributed by atoms with Gasteiger partial charge >= 0.3 is 0 Å². The van der Waals surface area contributed by atoms with E-state index in [1.807, 2.05) is 23.8 Å². The van der Waals surface area contributed by atoms with Crippen molar-refractivity contribution in [2.45, 2.75) is 19.9 Å². The Morgan fingerprint density at radius 3 is 2.81 bits per heavy atom. The number of nitrogens with two attached hydrogens (primary N) is 1. The second-order valence-electron chi connectivity index (χ2n) is 3.91. The lowest BCUT2D eigenvalue weighted by atomic mass is 10.2. The highest BCUT2D eigenvalue weighted by molar-refractivity contribution is 9.10. The van der Waals surface area contributed by atoms with Gasteiger partial charge in [0, 0.05) is 16.2 Å². The summed E-state index contributed by atoms with van der Waals surface area (Å²) in [5.41, 5.74) is 9.23. The maximum absolute atomic E-state index is 5.91. The standard InChI is InChI=1S/C12H14BrN3/c1-8-5-10(13)3-4-11(8)16-7-15-6-12(16)9(2)14/h3-7,9H,14H2,1-2H3. The molecule has 0 bridgehead atoms. The van der Waals surface area contributed by atoms with Crippen molar-refractivity contribution >= 4 is 15.9 Å². The van der Waals surface area contributed by atoms with E-state index in [-0.39, 0.29) is 6.04 Å². The molecule has 4 heteroatoms. The van der Waals surface area contributed by atoms with Crippen LogP contribution in [-0.4, -0.2) is 9.55 Å². The predicted molar refractivity (Wildman–Crippen MR) is 68.6 cm³/mol. The first-order valence-corrected chi connectivity index (χ1v) is 5.93. The Balaban J connectivity index is 2.54. The maximum atomic E-state index is 5.91. The zero-order valence-electron chi connectivity index (χ0n) is 9.31. The van der Waals surface area contributed by atoms with Gasteiger partial charge in [-0.25, -0.2) is 4.98 Å². The Bertz CT molecular complexity index is 503. The number of hydrogen-bond acceptors (Lipinski definition) is 2. The van der Waals surface area contributed by atoms with Crippen molar-refractivity contribution in [1.29, 1.82) is 0 Å². The average Bonchev–Trinajstić information content (AvgIpc) is 2.66. The molecule has 0 saturated heterocycles. The fourth-order valence-electron chi connectivity index (χ4n) is 1.73. The molecule has 0 aliphatic heterocycles. The second-order valence-corrected chi connectivity index (χ2v) is 4.82.